The maximum atomic E-state index is 10.7. The Balaban J connectivity index is 2.07. The molecule has 94 valence electrons. The van der Waals surface area contributed by atoms with Crippen molar-refractivity contribution in [2.45, 2.75) is 6.61 Å². The zero-order valence-electron chi connectivity index (χ0n) is 8.89. The minimum Gasteiger partial charge on any atom is -0.486 e. The predicted octanol–water partition coefficient (Wildman–Crippen LogP) is 3.73. The van der Waals surface area contributed by atoms with Crippen LogP contribution >= 0.6 is 34.5 Å². The van der Waals surface area contributed by atoms with Crippen LogP contribution in [0.15, 0.2) is 23.6 Å². The van der Waals surface area contributed by atoms with E-state index in [2.05, 4.69) is 4.98 Å². The molecule has 0 saturated heterocycles. The van der Waals surface area contributed by atoms with E-state index in [4.69, 9.17) is 33.0 Å². The number of hydrogen-bond acceptors (Lipinski definition) is 4. The number of nitrogens with zero attached hydrogens (tertiary/aromatic N) is 1. The van der Waals surface area contributed by atoms with Gasteiger partial charge in [-0.05, 0) is 12.1 Å². The average Bonchev–Trinajstić information content (AvgIpc) is 2.80. The van der Waals surface area contributed by atoms with Crippen molar-refractivity contribution in [2.75, 3.05) is 0 Å². The van der Waals surface area contributed by atoms with Crippen molar-refractivity contribution in [1.29, 1.82) is 0 Å². The summed E-state index contributed by atoms with van der Waals surface area (Å²) in [7, 11) is 0. The highest BCUT2D eigenvalue weighted by molar-refractivity contribution is 7.11. The van der Waals surface area contributed by atoms with Gasteiger partial charge in [0.15, 0.2) is 0 Å². The summed E-state index contributed by atoms with van der Waals surface area (Å²) in [6, 6.07) is 5.05. The van der Waals surface area contributed by atoms with E-state index in [1.165, 1.54) is 0 Å². The molecule has 18 heavy (non-hydrogen) atoms. The summed E-state index contributed by atoms with van der Waals surface area (Å²) in [6.45, 7) is 0.143. The Morgan fingerprint density at radius 2 is 2.22 bits per heavy atom. The Morgan fingerprint density at radius 1 is 1.44 bits per heavy atom. The number of carbonyl (C=O) groups is 1. The SMILES string of the molecule is O=C(O)c1nc(COc2cccc(Cl)c2Cl)cs1. The van der Waals surface area contributed by atoms with Gasteiger partial charge in [-0.15, -0.1) is 11.3 Å². The Hall–Kier alpha value is -1.30. The molecule has 0 bridgehead atoms. The number of halogens is 2. The molecule has 0 aliphatic heterocycles. The van der Waals surface area contributed by atoms with E-state index in [0.717, 1.165) is 11.3 Å². The number of ether oxygens (including phenoxy) is 1. The van der Waals surface area contributed by atoms with Gasteiger partial charge in [0.2, 0.25) is 5.01 Å². The lowest BCUT2D eigenvalue weighted by Gasteiger charge is -2.06. The summed E-state index contributed by atoms with van der Waals surface area (Å²) in [5.74, 6) is -0.610. The van der Waals surface area contributed by atoms with E-state index in [1.807, 2.05) is 0 Å². The first kappa shape index (κ1) is 13.1. The van der Waals surface area contributed by atoms with Crippen LogP contribution in [0.25, 0.3) is 0 Å². The molecule has 0 atom stereocenters. The van der Waals surface area contributed by atoms with Crippen molar-refractivity contribution in [1.82, 2.24) is 4.98 Å². The first-order valence-electron chi connectivity index (χ1n) is 4.82. The molecule has 2 rings (SSSR count). The molecule has 1 aromatic carbocycles. The lowest BCUT2D eigenvalue weighted by molar-refractivity contribution is 0.0696. The summed E-state index contributed by atoms with van der Waals surface area (Å²) in [5.41, 5.74) is 0.536. The Morgan fingerprint density at radius 3 is 2.89 bits per heavy atom. The fraction of sp³-hybridized carbons (Fsp3) is 0.0909. The van der Waals surface area contributed by atoms with Crippen molar-refractivity contribution >= 4 is 40.5 Å². The normalized spacial score (nSPS) is 10.3. The zero-order valence-corrected chi connectivity index (χ0v) is 11.2. The fourth-order valence-corrected chi connectivity index (χ4v) is 2.20. The third-order valence-electron chi connectivity index (χ3n) is 2.03. The van der Waals surface area contributed by atoms with Gasteiger partial charge in [0, 0.05) is 5.38 Å². The number of benzene rings is 1. The summed E-state index contributed by atoms with van der Waals surface area (Å²) >= 11 is 12.8. The minimum absolute atomic E-state index is 0.0331. The van der Waals surface area contributed by atoms with Crippen LogP contribution in [0.2, 0.25) is 10.0 Å². The largest absolute Gasteiger partial charge is 0.486 e. The van der Waals surface area contributed by atoms with E-state index in [1.54, 1.807) is 23.6 Å². The van der Waals surface area contributed by atoms with Crippen LogP contribution in [0.4, 0.5) is 0 Å². The highest BCUT2D eigenvalue weighted by Gasteiger charge is 2.10. The maximum Gasteiger partial charge on any atom is 0.365 e. The smallest absolute Gasteiger partial charge is 0.365 e. The van der Waals surface area contributed by atoms with Crippen molar-refractivity contribution in [3.63, 3.8) is 0 Å². The maximum absolute atomic E-state index is 10.7. The molecule has 7 heteroatoms. The molecule has 1 N–H and O–H groups in total. The standard InChI is InChI=1S/C11H7Cl2NO3S/c12-7-2-1-3-8(9(7)13)17-4-6-5-18-10(14-6)11(15)16/h1-3,5H,4H2,(H,15,16). The van der Waals surface area contributed by atoms with Crippen LogP contribution in [-0.2, 0) is 6.61 Å². The highest BCUT2D eigenvalue weighted by atomic mass is 35.5. The van der Waals surface area contributed by atoms with E-state index in [-0.39, 0.29) is 11.6 Å². The van der Waals surface area contributed by atoms with Gasteiger partial charge in [-0.2, -0.15) is 0 Å². The van der Waals surface area contributed by atoms with Crippen LogP contribution < -0.4 is 4.74 Å². The van der Waals surface area contributed by atoms with E-state index in [9.17, 15) is 4.79 Å². The molecule has 1 heterocycles. The van der Waals surface area contributed by atoms with Crippen molar-refractivity contribution in [3.05, 3.63) is 44.3 Å². The van der Waals surface area contributed by atoms with Gasteiger partial charge in [-0.3, -0.25) is 0 Å². The quantitative estimate of drug-likeness (QED) is 0.935. The second kappa shape index (κ2) is 5.56. The third-order valence-corrected chi connectivity index (χ3v) is 3.71. The van der Waals surface area contributed by atoms with Gasteiger partial charge >= 0.3 is 5.97 Å². The number of aromatic nitrogens is 1. The van der Waals surface area contributed by atoms with Crippen molar-refractivity contribution in [2.24, 2.45) is 0 Å². The van der Waals surface area contributed by atoms with Crippen LogP contribution in [-0.4, -0.2) is 16.1 Å². The lowest BCUT2D eigenvalue weighted by atomic mass is 10.3. The molecule has 0 spiro atoms. The van der Waals surface area contributed by atoms with Gasteiger partial charge < -0.3 is 9.84 Å². The molecule has 0 aliphatic rings. The molecular formula is C11H7Cl2NO3S. The molecule has 0 aliphatic carbocycles. The van der Waals surface area contributed by atoms with Gasteiger partial charge in [-0.25, -0.2) is 9.78 Å². The van der Waals surface area contributed by atoms with Crippen molar-refractivity contribution in [3.8, 4) is 5.75 Å². The van der Waals surface area contributed by atoms with Gasteiger partial charge in [0.05, 0.1) is 10.7 Å². The topological polar surface area (TPSA) is 59.4 Å². The Kier molecular flexibility index (Phi) is 4.06. The molecule has 1 aromatic heterocycles. The molecule has 2 aromatic rings. The Labute approximate surface area is 117 Å². The van der Waals surface area contributed by atoms with Gasteiger partial charge in [0.25, 0.3) is 0 Å². The number of carboxylic acid groups (broad SMARTS) is 1. The number of carboxylic acids is 1. The number of aromatic carboxylic acids is 1. The van der Waals surface area contributed by atoms with E-state index >= 15 is 0 Å². The molecule has 0 amide bonds. The molecule has 0 saturated carbocycles. The van der Waals surface area contributed by atoms with E-state index < -0.39 is 5.97 Å². The second-order valence-electron chi connectivity index (χ2n) is 3.29. The molecule has 0 unspecified atom stereocenters. The average molecular weight is 304 g/mol. The van der Waals surface area contributed by atoms with Crippen LogP contribution in [0.5, 0.6) is 5.75 Å². The Bertz CT molecular complexity index is 585. The molecule has 0 radical (unpaired) electrons. The number of hydrogen-bond donors (Lipinski definition) is 1. The highest BCUT2D eigenvalue weighted by Crippen LogP contribution is 2.31. The van der Waals surface area contributed by atoms with Crippen LogP contribution in [0.1, 0.15) is 15.5 Å². The van der Waals surface area contributed by atoms with Crippen LogP contribution in [0, 0.1) is 0 Å². The van der Waals surface area contributed by atoms with Gasteiger partial charge in [0.1, 0.15) is 17.4 Å². The second-order valence-corrected chi connectivity index (χ2v) is 4.93. The third kappa shape index (κ3) is 2.93. The summed E-state index contributed by atoms with van der Waals surface area (Å²) in [5, 5.41) is 11.1. The molecular weight excluding hydrogens is 297 g/mol. The lowest BCUT2D eigenvalue weighted by Crippen LogP contribution is -1.99. The number of thiazole rings is 1. The fourth-order valence-electron chi connectivity index (χ4n) is 1.22. The van der Waals surface area contributed by atoms with Crippen LogP contribution in [0.3, 0.4) is 0 Å². The molecule has 0 fully saturated rings. The minimum atomic E-state index is -1.05. The number of rotatable bonds is 4. The molecule has 4 nitrogen and oxygen atoms in total. The van der Waals surface area contributed by atoms with Crippen molar-refractivity contribution < 1.29 is 14.6 Å². The monoisotopic (exact) mass is 303 g/mol. The first-order valence-corrected chi connectivity index (χ1v) is 6.46. The summed E-state index contributed by atoms with van der Waals surface area (Å²) in [6.07, 6.45) is 0. The van der Waals surface area contributed by atoms with Gasteiger partial charge in [-0.1, -0.05) is 29.3 Å². The summed E-state index contributed by atoms with van der Waals surface area (Å²) < 4.78 is 5.43. The zero-order chi connectivity index (χ0) is 13.1. The van der Waals surface area contributed by atoms with E-state index in [0.29, 0.717) is 21.5 Å². The summed E-state index contributed by atoms with van der Waals surface area (Å²) in [4.78, 5) is 14.6. The first-order chi connectivity index (χ1) is 8.58. The predicted molar refractivity (Wildman–Crippen MR) is 69.9 cm³/mol.